The maximum Gasteiger partial charge on any atom is 0.296 e. The summed E-state index contributed by atoms with van der Waals surface area (Å²) < 4.78 is 40.7. The highest BCUT2D eigenvalue weighted by molar-refractivity contribution is 7.92. The Hall–Kier alpha value is -4.34. The number of aliphatic hydroxyl groups excluding tert-OH is 1. The number of hydrogen-bond donors (Lipinski definition) is 3. The molecule has 4 rings (SSSR count). The number of hydrogen-bond acceptors (Lipinski definition) is 8. The first-order chi connectivity index (χ1) is 17.3. The van der Waals surface area contributed by atoms with E-state index in [9.17, 15) is 13.2 Å². The molecule has 0 aliphatic rings. The SMILES string of the molecule is COc1ccccc1S(=O)(=O)Nc1noc2cc(Cn3cc(CNC(=O)C#CCO)cn3)cc(C)c12. The molecule has 36 heavy (non-hydrogen) atoms. The number of aryl methyl sites for hydroxylation is 1. The van der Waals surface area contributed by atoms with Crippen LogP contribution in [0.1, 0.15) is 16.7 Å². The fraction of sp³-hybridized carbons (Fsp3) is 0.208. The summed E-state index contributed by atoms with van der Waals surface area (Å²) in [5.74, 6) is 4.36. The minimum atomic E-state index is -3.97. The van der Waals surface area contributed by atoms with E-state index < -0.39 is 15.9 Å². The first kappa shape index (κ1) is 24.8. The number of ether oxygens (including phenoxy) is 1. The molecule has 0 radical (unpaired) electrons. The Labute approximate surface area is 207 Å². The van der Waals surface area contributed by atoms with E-state index in [1.165, 1.54) is 13.2 Å². The quantitative estimate of drug-likeness (QED) is 0.305. The van der Waals surface area contributed by atoms with Crippen LogP contribution in [0.4, 0.5) is 5.82 Å². The first-order valence-corrected chi connectivity index (χ1v) is 12.2. The van der Waals surface area contributed by atoms with Gasteiger partial charge in [0, 0.05) is 18.3 Å². The Bertz CT molecular complexity index is 1580. The number of aromatic nitrogens is 3. The molecule has 0 fully saturated rings. The minimum Gasteiger partial charge on any atom is -0.495 e. The topological polar surface area (TPSA) is 149 Å². The van der Waals surface area contributed by atoms with Gasteiger partial charge in [-0.2, -0.15) is 5.10 Å². The molecule has 0 bridgehead atoms. The molecule has 0 aliphatic heterocycles. The predicted molar refractivity (Wildman–Crippen MR) is 131 cm³/mol. The second-order valence-corrected chi connectivity index (χ2v) is 9.41. The molecule has 0 spiro atoms. The van der Waals surface area contributed by atoms with Crippen molar-refractivity contribution >= 4 is 32.7 Å². The number of fused-ring (bicyclic) bond motifs is 1. The highest BCUT2D eigenvalue weighted by Gasteiger charge is 2.23. The van der Waals surface area contributed by atoms with E-state index in [1.54, 1.807) is 41.3 Å². The number of nitrogens with zero attached hydrogens (tertiary/aromatic N) is 3. The molecule has 186 valence electrons. The Morgan fingerprint density at radius 1 is 1.25 bits per heavy atom. The normalized spacial score (nSPS) is 11.1. The lowest BCUT2D eigenvalue weighted by Crippen LogP contribution is -2.20. The monoisotopic (exact) mass is 509 g/mol. The van der Waals surface area contributed by atoms with Crippen LogP contribution in [0.25, 0.3) is 11.0 Å². The number of carbonyl (C=O) groups is 1. The van der Waals surface area contributed by atoms with Gasteiger partial charge in [0.2, 0.25) is 0 Å². The average molecular weight is 510 g/mol. The highest BCUT2D eigenvalue weighted by Crippen LogP contribution is 2.31. The number of methoxy groups -OCH3 is 1. The molecule has 0 saturated carbocycles. The molecule has 2 aromatic carbocycles. The predicted octanol–water partition coefficient (Wildman–Crippen LogP) is 1.80. The number of carbonyl (C=O) groups excluding carboxylic acids is 1. The first-order valence-electron chi connectivity index (χ1n) is 10.7. The number of sulfonamides is 1. The Kier molecular flexibility index (Phi) is 7.23. The molecular weight excluding hydrogens is 486 g/mol. The molecule has 11 nitrogen and oxygen atoms in total. The Morgan fingerprint density at radius 2 is 2.06 bits per heavy atom. The zero-order valence-electron chi connectivity index (χ0n) is 19.5. The molecule has 0 unspecified atom stereocenters. The van der Waals surface area contributed by atoms with Crippen LogP contribution in [0.3, 0.4) is 0 Å². The summed E-state index contributed by atoms with van der Waals surface area (Å²) in [5, 5.41) is 20.0. The molecular formula is C24H23N5O6S. The molecule has 0 atom stereocenters. The van der Waals surface area contributed by atoms with E-state index in [4.69, 9.17) is 14.4 Å². The summed E-state index contributed by atoms with van der Waals surface area (Å²) in [5.41, 5.74) is 2.83. The number of para-hydroxylation sites is 1. The lowest BCUT2D eigenvalue weighted by molar-refractivity contribution is -0.115. The molecule has 4 aromatic rings. The lowest BCUT2D eigenvalue weighted by atomic mass is 10.1. The molecule has 2 aromatic heterocycles. The van der Waals surface area contributed by atoms with Crippen LogP contribution in [0.5, 0.6) is 5.75 Å². The largest absolute Gasteiger partial charge is 0.495 e. The lowest BCUT2D eigenvalue weighted by Gasteiger charge is -2.10. The third-order valence-electron chi connectivity index (χ3n) is 5.19. The average Bonchev–Trinajstić information content (AvgIpc) is 3.48. The number of benzene rings is 2. The van der Waals surface area contributed by atoms with Gasteiger partial charge in [-0.05, 0) is 42.2 Å². The summed E-state index contributed by atoms with van der Waals surface area (Å²) in [6.07, 6.45) is 3.41. The van der Waals surface area contributed by atoms with Gasteiger partial charge in [0.05, 0.1) is 25.2 Å². The van der Waals surface area contributed by atoms with E-state index >= 15 is 0 Å². The van der Waals surface area contributed by atoms with Gasteiger partial charge >= 0.3 is 0 Å². The van der Waals surface area contributed by atoms with Crippen LogP contribution in [0.15, 0.2) is 58.2 Å². The third kappa shape index (κ3) is 5.48. The van der Waals surface area contributed by atoms with Gasteiger partial charge in [0.25, 0.3) is 15.9 Å². The number of amides is 1. The molecule has 0 aliphatic carbocycles. The molecule has 1 amide bonds. The summed E-state index contributed by atoms with van der Waals surface area (Å²) in [6, 6.07) is 9.96. The second-order valence-electron chi connectivity index (χ2n) is 7.76. The summed E-state index contributed by atoms with van der Waals surface area (Å²) in [6.45, 7) is 2.11. The number of anilines is 1. The van der Waals surface area contributed by atoms with E-state index in [0.29, 0.717) is 17.5 Å². The van der Waals surface area contributed by atoms with Crippen LogP contribution in [-0.4, -0.2) is 48.1 Å². The molecule has 3 N–H and O–H groups in total. The van der Waals surface area contributed by atoms with Crippen molar-refractivity contribution in [3.05, 3.63) is 65.5 Å². The number of nitrogens with one attached hydrogen (secondary N) is 2. The van der Waals surface area contributed by atoms with Crippen LogP contribution in [0.2, 0.25) is 0 Å². The fourth-order valence-corrected chi connectivity index (χ4v) is 4.82. The van der Waals surface area contributed by atoms with Gasteiger partial charge in [-0.25, -0.2) is 8.42 Å². The van der Waals surface area contributed by atoms with Crippen molar-refractivity contribution in [3.63, 3.8) is 0 Å². The van der Waals surface area contributed by atoms with Crippen LogP contribution < -0.4 is 14.8 Å². The fourth-order valence-electron chi connectivity index (χ4n) is 3.64. The summed E-state index contributed by atoms with van der Waals surface area (Å²) in [4.78, 5) is 11.5. The second kappa shape index (κ2) is 10.5. The van der Waals surface area contributed by atoms with Crippen LogP contribution >= 0.6 is 0 Å². The van der Waals surface area contributed by atoms with Crippen LogP contribution in [-0.2, 0) is 27.9 Å². The zero-order chi connectivity index (χ0) is 25.7. The van der Waals surface area contributed by atoms with Crippen molar-refractivity contribution in [1.82, 2.24) is 20.3 Å². The molecule has 2 heterocycles. The van der Waals surface area contributed by atoms with Gasteiger partial charge in [-0.3, -0.25) is 14.2 Å². The molecule has 12 heteroatoms. The van der Waals surface area contributed by atoms with E-state index in [-0.39, 0.29) is 29.6 Å². The maximum absolute atomic E-state index is 13.0. The van der Waals surface area contributed by atoms with Crippen molar-refractivity contribution in [2.45, 2.75) is 24.9 Å². The van der Waals surface area contributed by atoms with Gasteiger partial charge in [-0.1, -0.05) is 29.3 Å². The zero-order valence-corrected chi connectivity index (χ0v) is 20.3. The highest BCUT2D eigenvalue weighted by atomic mass is 32.2. The van der Waals surface area contributed by atoms with Gasteiger partial charge < -0.3 is 19.7 Å². The standard InChI is InChI=1S/C24H23N5O6S/c1-16-10-17(14-29-15-18(13-26-29)12-25-22(31)8-5-9-30)11-20-23(16)24(27-35-20)28-36(32,33)21-7-4-3-6-19(21)34-2/h3-4,6-7,10-11,13,15,30H,9,12,14H2,1-2H3,(H,25,31)(H,27,28). The number of aliphatic hydroxyl groups is 1. The van der Waals surface area contributed by atoms with Gasteiger partial charge in [-0.15, -0.1) is 0 Å². The summed E-state index contributed by atoms with van der Waals surface area (Å²) in [7, 11) is -2.57. The van der Waals surface area contributed by atoms with E-state index in [2.05, 4.69) is 32.1 Å². The Balaban J connectivity index is 1.51. The van der Waals surface area contributed by atoms with Crippen molar-refractivity contribution in [1.29, 1.82) is 0 Å². The summed E-state index contributed by atoms with van der Waals surface area (Å²) >= 11 is 0. The smallest absolute Gasteiger partial charge is 0.296 e. The van der Waals surface area contributed by atoms with Crippen molar-refractivity contribution in [3.8, 4) is 17.6 Å². The van der Waals surface area contributed by atoms with Crippen molar-refractivity contribution in [2.75, 3.05) is 18.4 Å². The maximum atomic E-state index is 13.0. The van der Waals surface area contributed by atoms with E-state index in [1.807, 2.05) is 13.0 Å². The Morgan fingerprint density at radius 3 is 2.83 bits per heavy atom. The van der Waals surface area contributed by atoms with Crippen molar-refractivity contribution < 1.29 is 27.6 Å². The van der Waals surface area contributed by atoms with Gasteiger partial charge in [0.1, 0.15) is 17.3 Å². The van der Waals surface area contributed by atoms with E-state index in [0.717, 1.165) is 16.7 Å². The van der Waals surface area contributed by atoms with Crippen LogP contribution in [0, 0.1) is 18.8 Å². The minimum absolute atomic E-state index is 0.0101. The van der Waals surface area contributed by atoms with Crippen molar-refractivity contribution in [2.24, 2.45) is 0 Å². The number of rotatable bonds is 8. The third-order valence-corrected chi connectivity index (χ3v) is 6.56. The van der Waals surface area contributed by atoms with Gasteiger partial charge in [0.15, 0.2) is 11.4 Å². The molecule has 0 saturated heterocycles.